The molecule has 0 aliphatic rings. The molecule has 1 aromatic rings. The number of aromatic carboxylic acids is 1. The van der Waals surface area contributed by atoms with Crippen molar-refractivity contribution in [2.45, 2.75) is 6.43 Å². The van der Waals surface area contributed by atoms with E-state index in [1.54, 1.807) is 0 Å². The fourth-order valence-corrected chi connectivity index (χ4v) is 0.870. The second kappa shape index (κ2) is 3.44. The summed E-state index contributed by atoms with van der Waals surface area (Å²) in [7, 11) is 0. The zero-order valence-electron chi connectivity index (χ0n) is 6.74. The quantitative estimate of drug-likeness (QED) is 0.667. The van der Waals surface area contributed by atoms with Gasteiger partial charge in [-0.25, -0.2) is 18.6 Å². The molecular weight excluding hydrogens is 198 g/mol. The minimum atomic E-state index is -3.03. The van der Waals surface area contributed by atoms with Crippen LogP contribution < -0.4 is 5.73 Å². The first-order valence-corrected chi connectivity index (χ1v) is 3.44. The minimum absolute atomic E-state index is 0.494. The largest absolute Gasteiger partial charge is 0.504 e. The van der Waals surface area contributed by atoms with Gasteiger partial charge in [-0.2, -0.15) is 0 Å². The molecule has 0 fully saturated rings. The van der Waals surface area contributed by atoms with E-state index in [1.807, 2.05) is 0 Å². The third-order valence-electron chi connectivity index (χ3n) is 1.50. The number of carbonyl (C=O) groups is 1. The maximum Gasteiger partial charge on any atom is 0.355 e. The summed E-state index contributed by atoms with van der Waals surface area (Å²) in [5.74, 6) is -2.77. The highest BCUT2D eigenvalue weighted by Crippen LogP contribution is 2.28. The highest BCUT2D eigenvalue weighted by Gasteiger charge is 2.21. The topological polar surface area (TPSA) is 96.4 Å². The zero-order valence-corrected chi connectivity index (χ0v) is 6.74. The number of hydrogen-bond acceptors (Lipinski definition) is 4. The highest BCUT2D eigenvalue weighted by molar-refractivity contribution is 5.88. The van der Waals surface area contributed by atoms with Gasteiger partial charge in [0.25, 0.3) is 6.43 Å². The second-order valence-electron chi connectivity index (χ2n) is 2.44. The maximum atomic E-state index is 12.2. The fourth-order valence-electron chi connectivity index (χ4n) is 0.870. The minimum Gasteiger partial charge on any atom is -0.504 e. The lowest BCUT2D eigenvalue weighted by Crippen LogP contribution is -2.08. The van der Waals surface area contributed by atoms with Crippen LogP contribution in [0.2, 0.25) is 0 Å². The number of carboxylic acid groups (broad SMARTS) is 1. The van der Waals surface area contributed by atoms with Gasteiger partial charge in [-0.3, -0.25) is 0 Å². The van der Waals surface area contributed by atoms with Crippen LogP contribution in [0.5, 0.6) is 5.75 Å². The zero-order chi connectivity index (χ0) is 10.9. The van der Waals surface area contributed by atoms with Crippen LogP contribution in [0.4, 0.5) is 14.6 Å². The lowest BCUT2D eigenvalue weighted by molar-refractivity contribution is 0.0677. The molecule has 0 saturated heterocycles. The lowest BCUT2D eigenvalue weighted by atomic mass is 10.2. The normalized spacial score (nSPS) is 10.5. The fraction of sp³-hybridized carbons (Fsp3) is 0.143. The molecule has 0 bridgehead atoms. The van der Waals surface area contributed by atoms with Crippen LogP contribution in [-0.2, 0) is 0 Å². The summed E-state index contributed by atoms with van der Waals surface area (Å²) >= 11 is 0. The Morgan fingerprint density at radius 3 is 2.57 bits per heavy atom. The molecule has 14 heavy (non-hydrogen) atoms. The molecule has 0 amide bonds. The van der Waals surface area contributed by atoms with Crippen molar-refractivity contribution in [2.24, 2.45) is 0 Å². The number of halogens is 2. The molecule has 0 aliphatic carbocycles. The van der Waals surface area contributed by atoms with Crippen LogP contribution in [0.3, 0.4) is 0 Å². The summed E-state index contributed by atoms with van der Waals surface area (Å²) in [6.07, 6.45) is -3.03. The Hall–Kier alpha value is -1.92. The van der Waals surface area contributed by atoms with Gasteiger partial charge in [0.1, 0.15) is 0 Å². The van der Waals surface area contributed by atoms with E-state index >= 15 is 0 Å². The molecule has 0 aromatic carbocycles. The van der Waals surface area contributed by atoms with Crippen LogP contribution in [0.1, 0.15) is 22.5 Å². The predicted octanol–water partition coefficient (Wildman–Crippen LogP) is 1.01. The standard InChI is InChI=1S/C7H6F2N2O3/c8-5(9)2-1-3(12)6(10)11-4(2)7(13)14/h1,5,12H,(H2,10,11)(H,13,14). The summed E-state index contributed by atoms with van der Waals surface area (Å²) in [5, 5.41) is 17.4. The van der Waals surface area contributed by atoms with Gasteiger partial charge in [-0.05, 0) is 6.07 Å². The van der Waals surface area contributed by atoms with Crippen LogP contribution in [0, 0.1) is 0 Å². The Morgan fingerprint density at radius 2 is 2.14 bits per heavy atom. The van der Waals surface area contributed by atoms with Crippen molar-refractivity contribution < 1.29 is 23.8 Å². The van der Waals surface area contributed by atoms with E-state index in [9.17, 15) is 13.6 Å². The third-order valence-corrected chi connectivity index (χ3v) is 1.50. The number of rotatable bonds is 2. The van der Waals surface area contributed by atoms with E-state index in [2.05, 4.69) is 4.98 Å². The van der Waals surface area contributed by atoms with E-state index in [-0.39, 0.29) is 0 Å². The number of carboxylic acids is 1. The van der Waals surface area contributed by atoms with Crippen molar-refractivity contribution in [3.8, 4) is 5.75 Å². The monoisotopic (exact) mass is 204 g/mol. The van der Waals surface area contributed by atoms with Crippen molar-refractivity contribution >= 4 is 11.8 Å². The molecule has 4 N–H and O–H groups in total. The number of pyridine rings is 1. The van der Waals surface area contributed by atoms with E-state index in [1.165, 1.54) is 0 Å². The number of aromatic nitrogens is 1. The smallest absolute Gasteiger partial charge is 0.355 e. The second-order valence-corrected chi connectivity index (χ2v) is 2.44. The summed E-state index contributed by atoms with van der Waals surface area (Å²) in [5.41, 5.74) is 3.35. The average molecular weight is 204 g/mol. The molecule has 5 nitrogen and oxygen atoms in total. The Morgan fingerprint density at radius 1 is 1.57 bits per heavy atom. The van der Waals surface area contributed by atoms with Crippen molar-refractivity contribution in [2.75, 3.05) is 5.73 Å². The van der Waals surface area contributed by atoms with Gasteiger partial charge in [0.15, 0.2) is 17.3 Å². The molecule has 0 unspecified atom stereocenters. The van der Waals surface area contributed by atoms with Crippen LogP contribution >= 0.6 is 0 Å². The number of aromatic hydroxyl groups is 1. The Bertz CT molecular complexity index is 381. The van der Waals surface area contributed by atoms with Gasteiger partial charge < -0.3 is 15.9 Å². The maximum absolute atomic E-state index is 12.2. The molecule has 76 valence electrons. The van der Waals surface area contributed by atoms with Gasteiger partial charge in [0, 0.05) is 0 Å². The van der Waals surface area contributed by atoms with Gasteiger partial charge >= 0.3 is 5.97 Å². The molecule has 1 heterocycles. The number of nitrogen functional groups attached to an aromatic ring is 1. The molecule has 0 saturated carbocycles. The summed E-state index contributed by atoms with van der Waals surface area (Å²) in [4.78, 5) is 13.6. The molecule has 1 aromatic heterocycles. The van der Waals surface area contributed by atoms with Crippen molar-refractivity contribution in [3.05, 3.63) is 17.3 Å². The number of alkyl halides is 2. The van der Waals surface area contributed by atoms with E-state index in [0.717, 1.165) is 0 Å². The molecule has 0 radical (unpaired) electrons. The van der Waals surface area contributed by atoms with Crippen LogP contribution in [-0.4, -0.2) is 21.2 Å². The van der Waals surface area contributed by atoms with Gasteiger partial charge in [0.05, 0.1) is 5.56 Å². The third kappa shape index (κ3) is 1.70. The number of nitrogens with two attached hydrogens (primary N) is 1. The summed E-state index contributed by atoms with van der Waals surface area (Å²) < 4.78 is 24.5. The van der Waals surface area contributed by atoms with E-state index < -0.39 is 35.2 Å². The van der Waals surface area contributed by atoms with E-state index in [4.69, 9.17) is 15.9 Å². The lowest BCUT2D eigenvalue weighted by Gasteiger charge is -2.06. The molecule has 0 spiro atoms. The summed E-state index contributed by atoms with van der Waals surface area (Å²) in [6, 6.07) is 0.594. The first-order chi connectivity index (χ1) is 6.43. The highest BCUT2D eigenvalue weighted by atomic mass is 19.3. The van der Waals surface area contributed by atoms with Crippen molar-refractivity contribution in [1.82, 2.24) is 4.98 Å². The SMILES string of the molecule is Nc1nc(C(=O)O)c(C(F)F)cc1O. The molecule has 7 heteroatoms. The van der Waals surface area contributed by atoms with Crippen LogP contribution in [0.25, 0.3) is 0 Å². The Balaban J connectivity index is 3.39. The first kappa shape index (κ1) is 10.2. The van der Waals surface area contributed by atoms with Gasteiger partial charge in [0.2, 0.25) is 0 Å². The Kier molecular flexibility index (Phi) is 2.50. The molecule has 1 rings (SSSR count). The van der Waals surface area contributed by atoms with Crippen LogP contribution in [0.15, 0.2) is 6.07 Å². The predicted molar refractivity (Wildman–Crippen MR) is 42.2 cm³/mol. The summed E-state index contributed by atoms with van der Waals surface area (Å²) in [6.45, 7) is 0. The van der Waals surface area contributed by atoms with E-state index in [0.29, 0.717) is 6.07 Å². The molecular formula is C7H6F2N2O3. The number of anilines is 1. The number of nitrogens with zero attached hydrogens (tertiary/aromatic N) is 1. The average Bonchev–Trinajstić information content (AvgIpc) is 2.08. The molecule has 0 aliphatic heterocycles. The first-order valence-electron chi connectivity index (χ1n) is 3.44. The Labute approximate surface area is 76.8 Å². The van der Waals surface area contributed by atoms with Gasteiger partial charge in [-0.1, -0.05) is 0 Å². The van der Waals surface area contributed by atoms with Crippen molar-refractivity contribution in [1.29, 1.82) is 0 Å². The van der Waals surface area contributed by atoms with Gasteiger partial charge in [-0.15, -0.1) is 0 Å². The van der Waals surface area contributed by atoms with Crippen molar-refractivity contribution in [3.63, 3.8) is 0 Å². The molecule has 0 atom stereocenters. The number of hydrogen-bond donors (Lipinski definition) is 3.